The third-order valence-corrected chi connectivity index (χ3v) is 8.89. The first kappa shape index (κ1) is 27.8. The van der Waals surface area contributed by atoms with E-state index in [1.807, 2.05) is 0 Å². The van der Waals surface area contributed by atoms with Crippen LogP contribution in [0.5, 0.6) is 0 Å². The van der Waals surface area contributed by atoms with Crippen molar-refractivity contribution in [1.82, 2.24) is 0 Å². The van der Waals surface area contributed by atoms with Crippen molar-refractivity contribution in [3.63, 3.8) is 0 Å². The van der Waals surface area contributed by atoms with Crippen molar-refractivity contribution in [2.24, 2.45) is 46.8 Å². The molecule has 4 saturated carbocycles. The average Bonchev–Trinajstić information content (AvgIpc) is 3.54. The van der Waals surface area contributed by atoms with Crippen LogP contribution in [0, 0.1) is 46.8 Å². The molecule has 4 aliphatic carbocycles. The molecule has 10 heteroatoms. The van der Waals surface area contributed by atoms with E-state index in [4.69, 9.17) is 4.74 Å². The number of hydrogen-bond donors (Lipinski definition) is 0. The number of rotatable bonds is 6. The summed E-state index contributed by atoms with van der Waals surface area (Å²) >= 11 is 0. The Balaban J connectivity index is 0.000000429. The van der Waals surface area contributed by atoms with Crippen molar-refractivity contribution in [2.75, 3.05) is 13.7 Å². The number of hydrogen-bond acceptors (Lipinski definition) is 4. The molecular formula is C25H34F6O4. The number of ether oxygens (including phenoxy) is 2. The second-order valence-electron chi connectivity index (χ2n) is 10.9. The van der Waals surface area contributed by atoms with Crippen LogP contribution < -0.4 is 0 Å². The van der Waals surface area contributed by atoms with Gasteiger partial charge in [-0.2, -0.15) is 26.3 Å². The van der Waals surface area contributed by atoms with Crippen LogP contribution in [0.1, 0.15) is 58.8 Å². The predicted molar refractivity (Wildman–Crippen MR) is 115 cm³/mol. The van der Waals surface area contributed by atoms with E-state index in [1.54, 1.807) is 6.92 Å². The van der Waals surface area contributed by atoms with Gasteiger partial charge in [-0.3, -0.25) is 4.79 Å². The summed E-state index contributed by atoms with van der Waals surface area (Å²) in [6, 6.07) is 0. The molecule has 4 aliphatic rings. The molecule has 0 heterocycles. The van der Waals surface area contributed by atoms with E-state index in [2.05, 4.69) is 11.3 Å². The van der Waals surface area contributed by atoms with Crippen LogP contribution in [-0.4, -0.2) is 38.0 Å². The Hall–Kier alpha value is -1.74. The third-order valence-electron chi connectivity index (χ3n) is 8.89. The molecule has 7 unspecified atom stereocenters. The molecule has 0 spiro atoms. The van der Waals surface area contributed by atoms with Gasteiger partial charge in [0.1, 0.15) is 0 Å². The molecule has 0 aromatic carbocycles. The maximum Gasteiger partial charge on any atom is 0.402 e. The summed E-state index contributed by atoms with van der Waals surface area (Å²) in [5, 5.41) is 0. The molecular weight excluding hydrogens is 478 g/mol. The van der Waals surface area contributed by atoms with Gasteiger partial charge in [-0.25, -0.2) is 4.79 Å². The largest absolute Gasteiger partial charge is 0.466 e. The molecule has 4 nitrogen and oxygen atoms in total. The molecule has 0 aliphatic heterocycles. The summed E-state index contributed by atoms with van der Waals surface area (Å²) in [5.74, 6) is 2.65. The Bertz CT molecular complexity index is 806. The Morgan fingerprint density at radius 2 is 1.49 bits per heavy atom. The first-order valence-electron chi connectivity index (χ1n) is 12.2. The van der Waals surface area contributed by atoms with Crippen molar-refractivity contribution in [3.8, 4) is 0 Å². The van der Waals surface area contributed by atoms with Crippen LogP contribution in [0.3, 0.4) is 0 Å². The van der Waals surface area contributed by atoms with Gasteiger partial charge in [0.2, 0.25) is 0 Å². The molecule has 7 atom stereocenters. The number of carbonyl (C=O) groups is 2. The van der Waals surface area contributed by atoms with Crippen LogP contribution in [0.2, 0.25) is 0 Å². The summed E-state index contributed by atoms with van der Waals surface area (Å²) in [6.07, 6.45) is -6.80. The number of methoxy groups -OCH3 is 1. The van der Waals surface area contributed by atoms with Gasteiger partial charge < -0.3 is 9.47 Å². The Labute approximate surface area is 201 Å². The molecule has 4 fully saturated rings. The topological polar surface area (TPSA) is 52.6 Å². The lowest BCUT2D eigenvalue weighted by Gasteiger charge is -2.37. The van der Waals surface area contributed by atoms with Crippen molar-refractivity contribution < 1.29 is 45.4 Å². The number of fused-ring (bicyclic) bond motifs is 9. The molecule has 0 amide bonds. The highest BCUT2D eigenvalue weighted by molar-refractivity contribution is 5.86. The maximum absolute atomic E-state index is 12.9. The maximum atomic E-state index is 12.9. The minimum absolute atomic E-state index is 0.167. The summed E-state index contributed by atoms with van der Waals surface area (Å²) in [4.78, 5) is 22.7. The van der Waals surface area contributed by atoms with Gasteiger partial charge in [-0.15, -0.1) is 0 Å². The van der Waals surface area contributed by atoms with Gasteiger partial charge in [0.15, 0.2) is 5.41 Å². The summed E-state index contributed by atoms with van der Waals surface area (Å²) < 4.78 is 86.9. The first-order chi connectivity index (χ1) is 16.1. The van der Waals surface area contributed by atoms with Crippen LogP contribution in [0.4, 0.5) is 26.3 Å². The quantitative estimate of drug-likeness (QED) is 0.134. The summed E-state index contributed by atoms with van der Waals surface area (Å²) in [7, 11) is 1.33. The van der Waals surface area contributed by atoms with E-state index in [9.17, 15) is 35.9 Å². The molecule has 0 radical (unpaired) electrons. The van der Waals surface area contributed by atoms with Crippen LogP contribution in [0.25, 0.3) is 0 Å². The third kappa shape index (κ3) is 5.22. The zero-order valence-electron chi connectivity index (χ0n) is 20.3. The minimum Gasteiger partial charge on any atom is -0.466 e. The number of alkyl halides is 6. The standard InChI is InChI=1S/C20H26F6O2.C5H8O2/c1-18(19(21,22)23,20(24,25)26)5-2-6-28-17(27)14-9-12-8-13(14)16-11-4-3-10(7-11)15(12)16;1-4(2)5(6)7-3/h10-16H,2-9H2,1H3;1H2,2-3H3. The minimum atomic E-state index is -5.39. The predicted octanol–water partition coefficient (Wildman–Crippen LogP) is 6.49. The van der Waals surface area contributed by atoms with E-state index in [1.165, 1.54) is 26.4 Å². The fourth-order valence-corrected chi connectivity index (χ4v) is 7.16. The Morgan fingerprint density at radius 1 is 0.914 bits per heavy atom. The van der Waals surface area contributed by atoms with Crippen LogP contribution in [0.15, 0.2) is 12.2 Å². The molecule has 0 saturated heterocycles. The molecule has 4 bridgehead atoms. The molecule has 4 rings (SSSR count). The second-order valence-corrected chi connectivity index (χ2v) is 10.9. The highest BCUT2D eigenvalue weighted by Crippen LogP contribution is 2.68. The van der Waals surface area contributed by atoms with Crippen LogP contribution in [-0.2, 0) is 19.1 Å². The van der Waals surface area contributed by atoms with Crippen molar-refractivity contribution in [2.45, 2.75) is 71.1 Å². The number of halogens is 6. The first-order valence-corrected chi connectivity index (χ1v) is 12.2. The lowest BCUT2D eigenvalue weighted by atomic mass is 9.67. The summed E-state index contributed by atoms with van der Waals surface area (Å²) in [5.41, 5.74) is -3.35. The number of esters is 2. The van der Waals surface area contributed by atoms with E-state index in [0.717, 1.165) is 24.7 Å². The SMILES string of the molecule is C=C(C)C(=O)OC.CC(CCCOC(=O)C1CC2CC1C1C3CCC(C3)C21)(C(F)(F)F)C(F)(F)F. The Kier molecular flexibility index (Phi) is 7.92. The van der Waals surface area contributed by atoms with Gasteiger partial charge >= 0.3 is 24.3 Å². The van der Waals surface area contributed by atoms with E-state index >= 15 is 0 Å². The highest BCUT2D eigenvalue weighted by atomic mass is 19.4. The molecule has 0 aromatic rings. The lowest BCUT2D eigenvalue weighted by molar-refractivity contribution is -0.337. The van der Waals surface area contributed by atoms with Crippen molar-refractivity contribution >= 4 is 11.9 Å². The normalized spacial score (nSPS) is 33.1. The van der Waals surface area contributed by atoms with E-state index in [0.29, 0.717) is 29.2 Å². The summed E-state index contributed by atoms with van der Waals surface area (Å²) in [6.45, 7) is 4.73. The molecule has 0 aromatic heterocycles. The molecule has 200 valence electrons. The smallest absolute Gasteiger partial charge is 0.402 e. The lowest BCUT2D eigenvalue weighted by Crippen LogP contribution is -2.47. The highest BCUT2D eigenvalue weighted by Gasteiger charge is 2.67. The zero-order chi connectivity index (χ0) is 26.3. The van der Waals surface area contributed by atoms with Gasteiger partial charge in [-0.05, 0) is 94.3 Å². The average molecular weight is 513 g/mol. The van der Waals surface area contributed by atoms with Gasteiger partial charge in [0.25, 0.3) is 0 Å². The van der Waals surface area contributed by atoms with Crippen molar-refractivity contribution in [1.29, 1.82) is 0 Å². The molecule has 35 heavy (non-hydrogen) atoms. The van der Waals surface area contributed by atoms with Crippen molar-refractivity contribution in [3.05, 3.63) is 12.2 Å². The fraction of sp³-hybridized carbons (Fsp3) is 0.840. The van der Waals surface area contributed by atoms with Gasteiger partial charge in [0, 0.05) is 5.57 Å². The van der Waals surface area contributed by atoms with Crippen LogP contribution >= 0.6 is 0 Å². The van der Waals surface area contributed by atoms with Gasteiger partial charge in [-0.1, -0.05) is 6.58 Å². The second kappa shape index (κ2) is 9.96. The number of carbonyl (C=O) groups excluding carboxylic acids is 2. The van der Waals surface area contributed by atoms with Gasteiger partial charge in [0.05, 0.1) is 19.6 Å². The fourth-order valence-electron chi connectivity index (χ4n) is 7.16. The zero-order valence-corrected chi connectivity index (χ0v) is 20.3. The van der Waals surface area contributed by atoms with E-state index in [-0.39, 0.29) is 18.8 Å². The monoisotopic (exact) mass is 512 g/mol. The van der Waals surface area contributed by atoms with E-state index < -0.39 is 43.2 Å². The molecule has 0 N–H and O–H groups in total. The Morgan fingerprint density at radius 3 is 1.97 bits per heavy atom.